The maximum atomic E-state index is 13.4. The van der Waals surface area contributed by atoms with E-state index in [1.54, 1.807) is 12.1 Å². The number of halogens is 4. The minimum absolute atomic E-state index is 0.270. The fourth-order valence-corrected chi connectivity index (χ4v) is 2.07. The summed E-state index contributed by atoms with van der Waals surface area (Å²) < 4.78 is 13.8. The van der Waals surface area contributed by atoms with Gasteiger partial charge in [-0.25, -0.2) is 15.2 Å². The Morgan fingerprint density at radius 1 is 1.16 bits per heavy atom. The minimum Gasteiger partial charge on any atom is -0.339 e. The van der Waals surface area contributed by atoms with Gasteiger partial charge >= 0.3 is 0 Å². The number of anilines is 3. The Bertz CT molecular complexity index is 624. The number of aromatic nitrogens is 1. The molecule has 2 rings (SSSR count). The number of hydrogen-bond acceptors (Lipinski definition) is 4. The third kappa shape index (κ3) is 3.27. The van der Waals surface area contributed by atoms with Gasteiger partial charge in [0.1, 0.15) is 5.82 Å². The van der Waals surface area contributed by atoms with Gasteiger partial charge in [-0.15, -0.1) is 0 Å². The van der Waals surface area contributed by atoms with Gasteiger partial charge in [-0.2, -0.15) is 0 Å². The molecule has 0 amide bonds. The maximum Gasteiger partial charge on any atom is 0.161 e. The van der Waals surface area contributed by atoms with Crippen molar-refractivity contribution in [1.82, 2.24) is 4.98 Å². The lowest BCUT2D eigenvalue weighted by Crippen LogP contribution is -2.10. The topological polar surface area (TPSA) is 63.0 Å². The molecule has 8 heteroatoms. The number of nitrogens with zero attached hydrogens (tertiary/aromatic N) is 1. The van der Waals surface area contributed by atoms with Crippen molar-refractivity contribution in [2.75, 3.05) is 10.7 Å². The van der Waals surface area contributed by atoms with Crippen LogP contribution in [-0.2, 0) is 0 Å². The Balaban J connectivity index is 2.34. The van der Waals surface area contributed by atoms with Crippen LogP contribution in [0.2, 0.25) is 10.0 Å². The first-order chi connectivity index (χ1) is 9.01. The third-order valence-corrected chi connectivity index (χ3v) is 3.47. The molecule has 0 saturated carbocycles. The molecule has 0 unspecified atom stereocenters. The summed E-state index contributed by atoms with van der Waals surface area (Å²) in [5.74, 6) is 5.47. The number of nitrogens with one attached hydrogen (secondary N) is 2. The summed E-state index contributed by atoms with van der Waals surface area (Å²) in [6.45, 7) is 0. The van der Waals surface area contributed by atoms with E-state index >= 15 is 0 Å². The average molecular weight is 366 g/mol. The predicted molar refractivity (Wildman–Crippen MR) is 79.4 cm³/mol. The van der Waals surface area contributed by atoms with E-state index in [1.807, 2.05) is 0 Å². The molecule has 0 fully saturated rings. The summed E-state index contributed by atoms with van der Waals surface area (Å²) in [7, 11) is 0. The molecule has 4 N–H and O–H groups in total. The number of rotatable bonds is 3. The van der Waals surface area contributed by atoms with E-state index in [2.05, 4.69) is 31.7 Å². The number of nitrogen functional groups attached to an aromatic ring is 1. The van der Waals surface area contributed by atoms with Crippen molar-refractivity contribution in [2.45, 2.75) is 0 Å². The van der Waals surface area contributed by atoms with Crippen LogP contribution in [0.5, 0.6) is 0 Å². The Kier molecular flexibility index (Phi) is 4.46. The summed E-state index contributed by atoms with van der Waals surface area (Å²) in [4.78, 5) is 4.09. The highest BCUT2D eigenvalue weighted by molar-refractivity contribution is 9.10. The fourth-order valence-electron chi connectivity index (χ4n) is 1.37. The lowest BCUT2D eigenvalue weighted by molar-refractivity contribution is 0.622. The Morgan fingerprint density at radius 3 is 2.47 bits per heavy atom. The summed E-state index contributed by atoms with van der Waals surface area (Å²) in [6.07, 6.45) is 0. The smallest absolute Gasteiger partial charge is 0.161 e. The third-order valence-electron chi connectivity index (χ3n) is 2.25. The van der Waals surface area contributed by atoms with Gasteiger partial charge in [0.2, 0.25) is 0 Å². The van der Waals surface area contributed by atoms with Crippen LogP contribution < -0.4 is 16.6 Å². The lowest BCUT2D eigenvalue weighted by Gasteiger charge is -2.11. The largest absolute Gasteiger partial charge is 0.339 e. The van der Waals surface area contributed by atoms with Crippen molar-refractivity contribution >= 4 is 56.5 Å². The average Bonchev–Trinajstić information content (AvgIpc) is 2.37. The zero-order valence-electron chi connectivity index (χ0n) is 9.35. The summed E-state index contributed by atoms with van der Waals surface area (Å²) in [6, 6.07) is 6.05. The minimum atomic E-state index is -0.396. The fraction of sp³-hybridized carbons (Fsp3) is 0. The molecule has 2 aromatic rings. The van der Waals surface area contributed by atoms with Crippen LogP contribution >= 0.6 is 39.1 Å². The van der Waals surface area contributed by atoms with Crippen molar-refractivity contribution in [3.05, 3.63) is 44.6 Å². The van der Waals surface area contributed by atoms with Gasteiger partial charge in [0.15, 0.2) is 11.6 Å². The molecule has 0 saturated heterocycles. The van der Waals surface area contributed by atoms with E-state index in [-0.39, 0.29) is 5.82 Å². The van der Waals surface area contributed by atoms with Gasteiger partial charge in [-0.3, -0.25) is 0 Å². The number of benzene rings is 1. The summed E-state index contributed by atoms with van der Waals surface area (Å²) in [5.41, 5.74) is 2.85. The van der Waals surface area contributed by atoms with Crippen molar-refractivity contribution in [1.29, 1.82) is 0 Å². The zero-order chi connectivity index (χ0) is 14.0. The van der Waals surface area contributed by atoms with E-state index in [1.165, 1.54) is 12.1 Å². The van der Waals surface area contributed by atoms with Gasteiger partial charge in [0.25, 0.3) is 0 Å². The molecule has 0 aliphatic carbocycles. The number of nitrogens with two attached hydrogens (primary N) is 1. The molecule has 1 aromatic heterocycles. The van der Waals surface area contributed by atoms with Gasteiger partial charge < -0.3 is 10.7 Å². The number of hydrogen-bond donors (Lipinski definition) is 3. The highest BCUT2D eigenvalue weighted by Crippen LogP contribution is 2.31. The normalized spacial score (nSPS) is 10.4. The molecule has 0 aliphatic heterocycles. The standard InChI is InChI=1S/C11H8BrCl2FN4/c12-6-2-1-5(3-9(6)15)17-10-7(13)4-8(14)11(18-10)19-16/h1-4H,16H2,(H2,17,18,19). The molecule has 0 atom stereocenters. The Morgan fingerprint density at radius 2 is 1.84 bits per heavy atom. The van der Waals surface area contributed by atoms with Gasteiger partial charge in [-0.1, -0.05) is 23.2 Å². The molecule has 0 bridgehead atoms. The summed E-state index contributed by atoms with van der Waals surface area (Å²) >= 11 is 14.9. The van der Waals surface area contributed by atoms with Crippen molar-refractivity contribution in [2.24, 2.45) is 5.84 Å². The molecular weight excluding hydrogens is 358 g/mol. The van der Waals surface area contributed by atoms with E-state index < -0.39 is 5.82 Å². The molecule has 0 aliphatic rings. The van der Waals surface area contributed by atoms with E-state index in [4.69, 9.17) is 29.0 Å². The zero-order valence-corrected chi connectivity index (χ0v) is 12.4. The number of pyridine rings is 1. The highest BCUT2D eigenvalue weighted by Gasteiger charge is 2.09. The molecule has 1 heterocycles. The molecule has 19 heavy (non-hydrogen) atoms. The van der Waals surface area contributed by atoms with Gasteiger partial charge in [0, 0.05) is 5.69 Å². The van der Waals surface area contributed by atoms with Crippen molar-refractivity contribution in [3.8, 4) is 0 Å². The van der Waals surface area contributed by atoms with Crippen LogP contribution in [0, 0.1) is 5.82 Å². The van der Waals surface area contributed by atoms with Crippen LogP contribution in [0.3, 0.4) is 0 Å². The SMILES string of the molecule is NNc1nc(Nc2ccc(Br)c(F)c2)c(Cl)cc1Cl. The molecule has 100 valence electrons. The first-order valence-electron chi connectivity index (χ1n) is 5.06. The quantitative estimate of drug-likeness (QED) is 0.560. The van der Waals surface area contributed by atoms with Gasteiger partial charge in [-0.05, 0) is 40.2 Å². The second kappa shape index (κ2) is 5.92. The molecular formula is C11H8BrCl2FN4. The lowest BCUT2D eigenvalue weighted by atomic mass is 10.3. The van der Waals surface area contributed by atoms with Crippen LogP contribution in [0.25, 0.3) is 0 Å². The van der Waals surface area contributed by atoms with Crippen molar-refractivity contribution in [3.63, 3.8) is 0 Å². The second-order valence-corrected chi connectivity index (χ2v) is 5.22. The Labute approximate surface area is 127 Å². The predicted octanol–water partition coefficient (Wildman–Crippen LogP) is 4.32. The Hall–Kier alpha value is -1.08. The molecule has 0 radical (unpaired) electrons. The monoisotopic (exact) mass is 364 g/mol. The molecule has 0 spiro atoms. The van der Waals surface area contributed by atoms with Crippen LogP contribution in [0.15, 0.2) is 28.7 Å². The van der Waals surface area contributed by atoms with Crippen LogP contribution in [0.4, 0.5) is 21.7 Å². The van der Waals surface area contributed by atoms with Crippen molar-refractivity contribution < 1.29 is 4.39 Å². The van der Waals surface area contributed by atoms with Crippen LogP contribution in [0.1, 0.15) is 0 Å². The summed E-state index contributed by atoms with van der Waals surface area (Å²) in [5, 5.41) is 3.47. The first kappa shape index (κ1) is 14.3. The first-order valence-corrected chi connectivity index (χ1v) is 6.61. The molecule has 1 aromatic carbocycles. The van der Waals surface area contributed by atoms with Crippen LogP contribution in [-0.4, -0.2) is 4.98 Å². The van der Waals surface area contributed by atoms with E-state index in [0.717, 1.165) is 0 Å². The number of hydrazine groups is 1. The van der Waals surface area contributed by atoms with E-state index in [0.29, 0.717) is 26.0 Å². The highest BCUT2D eigenvalue weighted by atomic mass is 79.9. The maximum absolute atomic E-state index is 13.4. The van der Waals surface area contributed by atoms with E-state index in [9.17, 15) is 4.39 Å². The second-order valence-electron chi connectivity index (χ2n) is 3.55. The molecule has 4 nitrogen and oxygen atoms in total. The van der Waals surface area contributed by atoms with Gasteiger partial charge in [0.05, 0.1) is 14.5 Å².